The minimum Gasteiger partial charge on any atom is -0.0865 e. The highest BCUT2D eigenvalue weighted by molar-refractivity contribution is 6.54. The van der Waals surface area contributed by atoms with Crippen LogP contribution in [0.15, 0.2) is 109 Å². The first-order valence-electron chi connectivity index (χ1n) is 14.7. The van der Waals surface area contributed by atoms with E-state index in [1.54, 1.807) is 0 Å². The van der Waals surface area contributed by atoms with Gasteiger partial charge in [0.05, 0.1) is 0 Å². The summed E-state index contributed by atoms with van der Waals surface area (Å²) in [7, 11) is 0. The van der Waals surface area contributed by atoms with Crippen LogP contribution in [0.25, 0.3) is 43.8 Å². The lowest BCUT2D eigenvalue weighted by atomic mass is 9.58. The van der Waals surface area contributed by atoms with Crippen LogP contribution in [0.5, 0.6) is 0 Å². The maximum absolute atomic E-state index is 2.31. The first-order valence-corrected chi connectivity index (χ1v) is 14.7. The van der Waals surface area contributed by atoms with Crippen molar-refractivity contribution in [2.75, 3.05) is 0 Å². The number of hydrogen-bond acceptors (Lipinski definition) is 0. The Hall–Kier alpha value is -3.32. The normalized spacial score (nSPS) is 8.92. The van der Waals surface area contributed by atoms with Gasteiger partial charge < -0.3 is 0 Å². The van der Waals surface area contributed by atoms with Crippen LogP contribution in [0.1, 0.15) is 55.4 Å². The third-order valence-corrected chi connectivity index (χ3v) is 5.03. The van der Waals surface area contributed by atoms with E-state index in [1.807, 2.05) is 55.4 Å². The van der Waals surface area contributed by atoms with E-state index >= 15 is 0 Å². The molecular weight excluding hydrogens is 455 g/mol. The minimum absolute atomic E-state index is 0.833. The zero-order valence-electron chi connectivity index (χ0n) is 26.0. The van der Waals surface area contributed by atoms with E-state index in [4.69, 9.17) is 0 Å². The molecule has 0 saturated heterocycles. The van der Waals surface area contributed by atoms with E-state index in [-0.39, 0.29) is 0 Å². The van der Waals surface area contributed by atoms with Gasteiger partial charge in [0.2, 0.25) is 0 Å². The predicted molar refractivity (Wildman–Crippen MR) is 181 cm³/mol. The largest absolute Gasteiger partial charge is 0.130 e. The van der Waals surface area contributed by atoms with Crippen LogP contribution in [0.2, 0.25) is 20.5 Å². The van der Waals surface area contributed by atoms with Crippen LogP contribution in [-0.2, 0) is 0 Å². The van der Waals surface area contributed by atoms with Crippen molar-refractivity contribution in [2.24, 2.45) is 0 Å². The first kappa shape index (κ1) is 34.7. The Bertz CT molecular complexity index is 1210. The highest BCUT2D eigenvalue weighted by Crippen LogP contribution is 2.37. The Morgan fingerprint density at radius 2 is 0.737 bits per heavy atom. The Balaban J connectivity index is 0.000000999. The molecule has 0 unspecified atom stereocenters. The van der Waals surface area contributed by atoms with E-state index in [0.29, 0.717) is 0 Å². The minimum atomic E-state index is 0.833. The summed E-state index contributed by atoms with van der Waals surface area (Å²) in [4.78, 5) is 0. The average molecular weight is 507 g/mol. The standard InChI is InChI=1S/C26H18.C3H9B.4C2H6/c1-2-9-19(10-3-1)20-13-8-14-23(17-20)26-24-15-6-4-11-21(24)18-22-12-5-7-16-25(22)26;1-4(2)3;4*1-2/h1-18H;1-3H3;4*1-2H3. The molecule has 5 aromatic carbocycles. The molecule has 5 aromatic rings. The summed E-state index contributed by atoms with van der Waals surface area (Å²) < 4.78 is 0. The quantitative estimate of drug-likeness (QED) is 0.165. The Labute approximate surface area is 235 Å². The second-order valence-corrected chi connectivity index (χ2v) is 8.37. The van der Waals surface area contributed by atoms with Gasteiger partial charge in [0, 0.05) is 0 Å². The molecule has 38 heavy (non-hydrogen) atoms. The summed E-state index contributed by atoms with van der Waals surface area (Å²) in [6.45, 7) is 23.3. The van der Waals surface area contributed by atoms with E-state index in [9.17, 15) is 0 Å². The number of fused-ring (bicyclic) bond motifs is 2. The van der Waals surface area contributed by atoms with Crippen LogP contribution in [0, 0.1) is 0 Å². The van der Waals surface area contributed by atoms with Crippen molar-refractivity contribution in [1.82, 2.24) is 0 Å². The molecule has 0 bridgehead atoms. The number of benzene rings is 5. The smallest absolute Gasteiger partial charge is 0.0865 e. The van der Waals surface area contributed by atoms with Gasteiger partial charge in [-0.2, -0.15) is 0 Å². The molecule has 0 amide bonds. The third kappa shape index (κ3) is 10.2. The fraction of sp³-hybridized carbons (Fsp3) is 0.297. The zero-order chi connectivity index (χ0) is 28.9. The van der Waals surface area contributed by atoms with Gasteiger partial charge in [-0.05, 0) is 55.9 Å². The van der Waals surface area contributed by atoms with E-state index < -0.39 is 0 Å². The molecule has 1 heteroatoms. The summed E-state index contributed by atoms with van der Waals surface area (Å²) >= 11 is 0. The summed E-state index contributed by atoms with van der Waals surface area (Å²) in [5.41, 5.74) is 5.08. The van der Waals surface area contributed by atoms with Crippen molar-refractivity contribution >= 4 is 28.3 Å². The maximum atomic E-state index is 2.31. The molecule has 0 aliphatic carbocycles. The van der Waals surface area contributed by atoms with E-state index in [1.165, 1.54) is 43.8 Å². The fourth-order valence-corrected chi connectivity index (χ4v) is 3.81. The molecule has 5 rings (SSSR count). The first-order chi connectivity index (χ1) is 18.6. The van der Waals surface area contributed by atoms with Crippen LogP contribution in [0.3, 0.4) is 0 Å². The SMILES string of the molecule is CB(C)C.CC.CC.CC.CC.c1ccc(-c2cccc(-c3c4ccccc4cc4ccccc34)c2)cc1. The van der Waals surface area contributed by atoms with Crippen molar-refractivity contribution < 1.29 is 0 Å². The van der Waals surface area contributed by atoms with Gasteiger partial charge in [0.15, 0.2) is 0 Å². The van der Waals surface area contributed by atoms with Gasteiger partial charge in [-0.1, -0.05) is 173 Å². The molecule has 202 valence electrons. The van der Waals surface area contributed by atoms with Crippen LogP contribution >= 0.6 is 0 Å². The van der Waals surface area contributed by atoms with Gasteiger partial charge in [0.1, 0.15) is 6.71 Å². The van der Waals surface area contributed by atoms with Crippen LogP contribution in [0.4, 0.5) is 0 Å². The second kappa shape index (κ2) is 20.7. The zero-order valence-corrected chi connectivity index (χ0v) is 26.0. The molecule has 0 saturated carbocycles. The predicted octanol–water partition coefficient (Wildman–Crippen LogP) is 12.8. The van der Waals surface area contributed by atoms with Crippen molar-refractivity contribution in [3.8, 4) is 22.3 Å². The third-order valence-electron chi connectivity index (χ3n) is 5.03. The van der Waals surface area contributed by atoms with Gasteiger partial charge in [-0.3, -0.25) is 0 Å². The van der Waals surface area contributed by atoms with Gasteiger partial charge >= 0.3 is 0 Å². The number of hydrogen-bond donors (Lipinski definition) is 0. The Morgan fingerprint density at radius 1 is 0.368 bits per heavy atom. The second-order valence-electron chi connectivity index (χ2n) is 8.37. The molecular formula is C37H51B. The molecule has 0 heterocycles. The maximum Gasteiger partial charge on any atom is 0.130 e. The summed E-state index contributed by atoms with van der Waals surface area (Å²) in [6, 6.07) is 39.1. The monoisotopic (exact) mass is 506 g/mol. The lowest BCUT2D eigenvalue weighted by molar-refractivity contribution is 1.50. The molecule has 0 aliphatic heterocycles. The van der Waals surface area contributed by atoms with Crippen molar-refractivity contribution in [2.45, 2.75) is 75.9 Å². The topological polar surface area (TPSA) is 0 Å². The van der Waals surface area contributed by atoms with Crippen LogP contribution in [-0.4, -0.2) is 6.71 Å². The molecule has 0 nitrogen and oxygen atoms in total. The van der Waals surface area contributed by atoms with Gasteiger partial charge in [-0.25, -0.2) is 0 Å². The van der Waals surface area contributed by atoms with Crippen molar-refractivity contribution in [1.29, 1.82) is 0 Å². The number of rotatable bonds is 2. The van der Waals surface area contributed by atoms with Crippen LogP contribution < -0.4 is 0 Å². The average Bonchev–Trinajstić information content (AvgIpc) is 3.00. The van der Waals surface area contributed by atoms with E-state index in [0.717, 1.165) is 6.71 Å². The molecule has 0 fully saturated rings. The van der Waals surface area contributed by atoms with Gasteiger partial charge in [-0.15, -0.1) is 0 Å². The molecule has 0 aliphatic rings. The molecule has 0 N–H and O–H groups in total. The van der Waals surface area contributed by atoms with E-state index in [2.05, 4.69) is 130 Å². The lowest BCUT2D eigenvalue weighted by Crippen LogP contribution is -1.86. The molecule has 0 aromatic heterocycles. The molecule has 0 atom stereocenters. The molecule has 0 spiro atoms. The highest BCUT2D eigenvalue weighted by atomic mass is 14.1. The van der Waals surface area contributed by atoms with Crippen molar-refractivity contribution in [3.63, 3.8) is 0 Å². The Kier molecular flexibility index (Phi) is 18.9. The fourth-order valence-electron chi connectivity index (χ4n) is 3.81. The Morgan fingerprint density at radius 3 is 1.21 bits per heavy atom. The summed E-state index contributed by atoms with van der Waals surface area (Å²) in [5.74, 6) is 0. The lowest BCUT2D eigenvalue weighted by Gasteiger charge is -2.13. The van der Waals surface area contributed by atoms with Crippen molar-refractivity contribution in [3.05, 3.63) is 109 Å². The summed E-state index contributed by atoms with van der Waals surface area (Å²) in [5, 5.41) is 5.17. The summed E-state index contributed by atoms with van der Waals surface area (Å²) in [6.07, 6.45) is 0. The van der Waals surface area contributed by atoms with Gasteiger partial charge in [0.25, 0.3) is 0 Å². The highest BCUT2D eigenvalue weighted by Gasteiger charge is 2.10. The molecule has 0 radical (unpaired) electrons.